The first-order chi connectivity index (χ1) is 10.1. The van der Waals surface area contributed by atoms with Gasteiger partial charge in [-0.1, -0.05) is 11.6 Å². The van der Waals surface area contributed by atoms with E-state index in [0.717, 1.165) is 11.3 Å². The number of aromatic nitrogens is 1. The van der Waals surface area contributed by atoms with Gasteiger partial charge in [-0.25, -0.2) is 14.6 Å². The second-order valence-electron chi connectivity index (χ2n) is 4.46. The van der Waals surface area contributed by atoms with Crippen LogP contribution in [-0.4, -0.2) is 28.6 Å². The van der Waals surface area contributed by atoms with Gasteiger partial charge in [-0.2, -0.15) is 0 Å². The van der Waals surface area contributed by atoms with Crippen LogP contribution in [-0.2, 0) is 6.42 Å². The molecule has 1 aromatic carbocycles. The van der Waals surface area contributed by atoms with Gasteiger partial charge in [-0.05, 0) is 19.1 Å². The lowest BCUT2D eigenvalue weighted by atomic mass is 10.1. The fraction of sp³-hybridized carbons (Fsp3) is 0.214. The lowest BCUT2D eigenvalue weighted by Crippen LogP contribution is -2.31. The summed E-state index contributed by atoms with van der Waals surface area (Å²) in [5.74, 6) is -1.07. The number of carboxylic acids is 1. The fourth-order valence-electron chi connectivity index (χ4n) is 1.78. The molecule has 2 rings (SSSR count). The molecule has 0 spiro atoms. The van der Waals surface area contributed by atoms with E-state index in [1.807, 2.05) is 5.38 Å². The molecule has 2 amide bonds. The summed E-state index contributed by atoms with van der Waals surface area (Å²) >= 11 is 1.50. The summed E-state index contributed by atoms with van der Waals surface area (Å²) in [6.07, 6.45) is 0.636. The maximum atomic E-state index is 11.8. The van der Waals surface area contributed by atoms with Gasteiger partial charge in [0.25, 0.3) is 0 Å². The number of thiazole rings is 1. The summed E-state index contributed by atoms with van der Waals surface area (Å²) in [6, 6.07) is 4.42. The molecule has 0 atom stereocenters. The molecule has 1 aromatic heterocycles. The van der Waals surface area contributed by atoms with Crippen molar-refractivity contribution in [3.8, 4) is 0 Å². The molecule has 6 nitrogen and oxygen atoms in total. The highest BCUT2D eigenvalue weighted by molar-refractivity contribution is 7.07. The average molecular weight is 305 g/mol. The molecule has 0 saturated heterocycles. The van der Waals surface area contributed by atoms with Crippen LogP contribution in [0, 0.1) is 6.92 Å². The number of carboxylic acid groups (broad SMARTS) is 1. The number of nitrogens with one attached hydrogen (secondary N) is 2. The molecule has 1 heterocycles. The van der Waals surface area contributed by atoms with Crippen LogP contribution >= 0.6 is 11.3 Å². The van der Waals surface area contributed by atoms with Crippen molar-refractivity contribution in [2.24, 2.45) is 0 Å². The number of aromatic carboxylic acids is 1. The summed E-state index contributed by atoms with van der Waals surface area (Å²) in [6.45, 7) is 2.23. The van der Waals surface area contributed by atoms with Crippen LogP contribution in [0.25, 0.3) is 0 Å². The van der Waals surface area contributed by atoms with E-state index >= 15 is 0 Å². The normalized spacial score (nSPS) is 10.1. The number of aryl methyl sites for hydroxylation is 1. The van der Waals surface area contributed by atoms with Gasteiger partial charge < -0.3 is 15.7 Å². The van der Waals surface area contributed by atoms with Gasteiger partial charge in [-0.3, -0.25) is 0 Å². The van der Waals surface area contributed by atoms with E-state index in [1.165, 1.54) is 17.4 Å². The minimum Gasteiger partial charge on any atom is -0.478 e. The van der Waals surface area contributed by atoms with Crippen molar-refractivity contribution < 1.29 is 14.7 Å². The van der Waals surface area contributed by atoms with Gasteiger partial charge in [0.15, 0.2) is 0 Å². The quantitative estimate of drug-likeness (QED) is 0.791. The Morgan fingerprint density at radius 3 is 2.86 bits per heavy atom. The number of anilines is 1. The molecular formula is C14H15N3O3S. The van der Waals surface area contributed by atoms with E-state index in [-0.39, 0.29) is 11.3 Å². The summed E-state index contributed by atoms with van der Waals surface area (Å²) in [5.41, 5.74) is 3.83. The Balaban J connectivity index is 1.92. The Morgan fingerprint density at radius 2 is 2.19 bits per heavy atom. The van der Waals surface area contributed by atoms with E-state index in [0.29, 0.717) is 13.0 Å². The molecule has 0 saturated carbocycles. The van der Waals surface area contributed by atoms with Gasteiger partial charge in [0.05, 0.1) is 22.5 Å². The molecule has 0 fully saturated rings. The van der Waals surface area contributed by atoms with Gasteiger partial charge in [0.2, 0.25) is 0 Å². The minimum atomic E-state index is -1.07. The maximum absolute atomic E-state index is 11.8. The van der Waals surface area contributed by atoms with Gasteiger partial charge in [0, 0.05) is 18.3 Å². The highest BCUT2D eigenvalue weighted by Crippen LogP contribution is 2.17. The largest absolute Gasteiger partial charge is 0.478 e. The summed E-state index contributed by atoms with van der Waals surface area (Å²) in [4.78, 5) is 27.0. The second-order valence-corrected chi connectivity index (χ2v) is 5.18. The van der Waals surface area contributed by atoms with E-state index in [1.54, 1.807) is 24.6 Å². The minimum absolute atomic E-state index is 0.0738. The molecule has 3 N–H and O–H groups in total. The molecule has 0 aliphatic carbocycles. The highest BCUT2D eigenvalue weighted by atomic mass is 32.1. The predicted octanol–water partition coefficient (Wildman–Crippen LogP) is 2.51. The molecular weight excluding hydrogens is 290 g/mol. The Morgan fingerprint density at radius 1 is 1.38 bits per heavy atom. The van der Waals surface area contributed by atoms with Crippen molar-refractivity contribution in [3.63, 3.8) is 0 Å². The lowest BCUT2D eigenvalue weighted by molar-refractivity contribution is 0.0698. The number of hydrogen-bond acceptors (Lipinski definition) is 4. The van der Waals surface area contributed by atoms with Crippen molar-refractivity contribution in [3.05, 3.63) is 45.9 Å². The average Bonchev–Trinajstić information content (AvgIpc) is 2.94. The Kier molecular flexibility index (Phi) is 4.89. The zero-order valence-electron chi connectivity index (χ0n) is 11.4. The van der Waals surface area contributed by atoms with E-state index in [2.05, 4.69) is 15.6 Å². The Bertz CT molecular complexity index is 641. The number of carbonyl (C=O) groups excluding carboxylic acids is 1. The zero-order chi connectivity index (χ0) is 15.2. The van der Waals surface area contributed by atoms with E-state index < -0.39 is 12.0 Å². The van der Waals surface area contributed by atoms with Gasteiger partial charge in [0.1, 0.15) is 0 Å². The molecule has 0 unspecified atom stereocenters. The number of hydrogen-bond donors (Lipinski definition) is 3. The molecule has 0 aliphatic rings. The second kappa shape index (κ2) is 6.85. The zero-order valence-corrected chi connectivity index (χ0v) is 12.2. The van der Waals surface area contributed by atoms with E-state index in [9.17, 15) is 9.59 Å². The molecule has 0 aliphatic heterocycles. The predicted molar refractivity (Wildman–Crippen MR) is 81.0 cm³/mol. The molecule has 2 aromatic rings. The third-order valence-corrected chi connectivity index (χ3v) is 3.44. The first-order valence-electron chi connectivity index (χ1n) is 6.32. The van der Waals surface area contributed by atoms with E-state index in [4.69, 9.17) is 5.11 Å². The van der Waals surface area contributed by atoms with Crippen LogP contribution in [0.2, 0.25) is 0 Å². The molecule has 0 radical (unpaired) electrons. The molecule has 0 bridgehead atoms. The Labute approximate surface area is 125 Å². The van der Waals surface area contributed by atoms with Gasteiger partial charge >= 0.3 is 12.0 Å². The fourth-order valence-corrected chi connectivity index (χ4v) is 2.37. The number of amides is 2. The number of rotatable bonds is 5. The van der Waals surface area contributed by atoms with Crippen molar-refractivity contribution in [1.82, 2.24) is 10.3 Å². The van der Waals surface area contributed by atoms with Crippen LogP contribution in [0.5, 0.6) is 0 Å². The standard InChI is InChI=1S/C14H15N3O3S/c1-9-2-3-12(11(6-9)13(18)19)17-14(20)15-5-4-10-7-21-8-16-10/h2-3,6-8H,4-5H2,1H3,(H,18,19)(H2,15,17,20). The first kappa shape index (κ1) is 15.0. The third kappa shape index (κ3) is 4.28. The number of urea groups is 1. The lowest BCUT2D eigenvalue weighted by Gasteiger charge is -2.10. The van der Waals surface area contributed by atoms with Crippen LogP contribution < -0.4 is 10.6 Å². The number of benzene rings is 1. The summed E-state index contributed by atoms with van der Waals surface area (Å²) in [7, 11) is 0. The van der Waals surface area contributed by atoms with Crippen molar-refractivity contribution >= 4 is 29.0 Å². The van der Waals surface area contributed by atoms with Crippen molar-refractivity contribution in [2.45, 2.75) is 13.3 Å². The first-order valence-corrected chi connectivity index (χ1v) is 7.26. The van der Waals surface area contributed by atoms with Crippen LogP contribution in [0.3, 0.4) is 0 Å². The third-order valence-electron chi connectivity index (χ3n) is 2.80. The highest BCUT2D eigenvalue weighted by Gasteiger charge is 2.12. The number of carbonyl (C=O) groups is 2. The number of nitrogens with zero attached hydrogens (tertiary/aromatic N) is 1. The van der Waals surface area contributed by atoms with Crippen molar-refractivity contribution in [2.75, 3.05) is 11.9 Å². The SMILES string of the molecule is Cc1ccc(NC(=O)NCCc2cscn2)c(C(=O)O)c1. The monoisotopic (exact) mass is 305 g/mol. The molecule has 110 valence electrons. The Hall–Kier alpha value is -2.41. The topological polar surface area (TPSA) is 91.3 Å². The van der Waals surface area contributed by atoms with Crippen LogP contribution in [0.4, 0.5) is 10.5 Å². The summed E-state index contributed by atoms with van der Waals surface area (Å²) in [5, 5.41) is 16.3. The maximum Gasteiger partial charge on any atom is 0.337 e. The van der Waals surface area contributed by atoms with Crippen LogP contribution in [0.15, 0.2) is 29.1 Å². The molecule has 21 heavy (non-hydrogen) atoms. The summed E-state index contributed by atoms with van der Waals surface area (Å²) < 4.78 is 0. The van der Waals surface area contributed by atoms with Crippen molar-refractivity contribution in [1.29, 1.82) is 0 Å². The molecule has 7 heteroatoms. The van der Waals surface area contributed by atoms with Gasteiger partial charge in [-0.15, -0.1) is 11.3 Å². The smallest absolute Gasteiger partial charge is 0.337 e. The van der Waals surface area contributed by atoms with Crippen LogP contribution in [0.1, 0.15) is 21.6 Å².